The van der Waals surface area contributed by atoms with Gasteiger partial charge in [-0.15, -0.1) is 11.3 Å². The maximum absolute atomic E-state index is 6.06. The number of rotatable bonds is 2. The SMILES string of the molecule is CC1=CC(c2cccc(Cl)c2)N=C(c2csc(C)n2)N1. The summed E-state index contributed by atoms with van der Waals surface area (Å²) in [5.74, 6) is 0.819. The molecule has 1 N–H and O–H groups in total. The minimum atomic E-state index is -0.0213. The molecule has 0 saturated carbocycles. The summed E-state index contributed by atoms with van der Waals surface area (Å²) in [5.41, 5.74) is 3.06. The van der Waals surface area contributed by atoms with E-state index in [4.69, 9.17) is 16.6 Å². The quantitative estimate of drug-likeness (QED) is 0.907. The fourth-order valence-electron chi connectivity index (χ4n) is 2.14. The third-order valence-electron chi connectivity index (χ3n) is 3.04. The number of aromatic nitrogens is 1. The summed E-state index contributed by atoms with van der Waals surface area (Å²) in [6.45, 7) is 4.03. The van der Waals surface area contributed by atoms with Crippen LogP contribution in [0.15, 0.2) is 46.4 Å². The molecular weight excluding hydrogens is 290 g/mol. The van der Waals surface area contributed by atoms with E-state index < -0.39 is 0 Å². The van der Waals surface area contributed by atoms with E-state index in [1.807, 2.05) is 43.5 Å². The molecule has 0 radical (unpaired) electrons. The Balaban J connectivity index is 1.98. The van der Waals surface area contributed by atoms with Crippen LogP contribution < -0.4 is 5.32 Å². The maximum atomic E-state index is 6.06. The van der Waals surface area contributed by atoms with Gasteiger partial charge < -0.3 is 5.32 Å². The van der Waals surface area contributed by atoms with E-state index in [0.717, 1.165) is 32.8 Å². The van der Waals surface area contributed by atoms with Crippen molar-refractivity contribution in [3.63, 3.8) is 0 Å². The number of hydrogen-bond donors (Lipinski definition) is 1. The number of aryl methyl sites for hydroxylation is 1. The van der Waals surface area contributed by atoms with Gasteiger partial charge in [-0.05, 0) is 37.6 Å². The second-order valence-corrected chi connectivity index (χ2v) is 6.20. The highest BCUT2D eigenvalue weighted by Crippen LogP contribution is 2.26. The molecule has 102 valence electrons. The Morgan fingerprint density at radius 2 is 2.15 bits per heavy atom. The van der Waals surface area contributed by atoms with Gasteiger partial charge in [0.05, 0.1) is 11.0 Å². The lowest BCUT2D eigenvalue weighted by molar-refractivity contribution is 0.842. The standard InChI is InChI=1S/C15H14ClN3S/c1-9-6-13(11-4-3-5-12(16)7-11)19-15(17-9)14-8-20-10(2)18-14/h3-8,13H,1-2H3,(H,17,19). The second kappa shape index (κ2) is 5.38. The van der Waals surface area contributed by atoms with Crippen molar-refractivity contribution in [1.82, 2.24) is 10.3 Å². The first-order valence-electron chi connectivity index (χ1n) is 6.33. The Morgan fingerprint density at radius 3 is 2.85 bits per heavy atom. The lowest BCUT2D eigenvalue weighted by Crippen LogP contribution is -2.27. The zero-order chi connectivity index (χ0) is 14.1. The van der Waals surface area contributed by atoms with Crippen molar-refractivity contribution in [2.24, 2.45) is 4.99 Å². The summed E-state index contributed by atoms with van der Waals surface area (Å²) < 4.78 is 0. The van der Waals surface area contributed by atoms with Crippen LogP contribution in [0.25, 0.3) is 0 Å². The molecule has 0 spiro atoms. The van der Waals surface area contributed by atoms with Crippen molar-refractivity contribution >= 4 is 28.8 Å². The Hall–Kier alpha value is -1.65. The number of hydrogen-bond acceptors (Lipinski definition) is 4. The van der Waals surface area contributed by atoms with Crippen LogP contribution in [0.4, 0.5) is 0 Å². The number of halogens is 1. The predicted octanol–water partition coefficient (Wildman–Crippen LogP) is 4.10. The van der Waals surface area contributed by atoms with Crippen LogP contribution in [-0.2, 0) is 0 Å². The molecule has 2 aromatic rings. The lowest BCUT2D eigenvalue weighted by atomic mass is 10.1. The van der Waals surface area contributed by atoms with Crippen molar-refractivity contribution in [2.75, 3.05) is 0 Å². The van der Waals surface area contributed by atoms with Gasteiger partial charge >= 0.3 is 0 Å². The van der Waals surface area contributed by atoms with Crippen LogP contribution in [0.3, 0.4) is 0 Å². The van der Waals surface area contributed by atoms with Crippen LogP contribution in [0.5, 0.6) is 0 Å². The summed E-state index contributed by atoms with van der Waals surface area (Å²) in [6.07, 6.45) is 2.09. The first kappa shape index (κ1) is 13.3. The molecule has 3 rings (SSSR count). The van der Waals surface area contributed by atoms with Gasteiger partial charge in [-0.25, -0.2) is 4.98 Å². The molecule has 2 heterocycles. The van der Waals surface area contributed by atoms with Crippen molar-refractivity contribution in [2.45, 2.75) is 19.9 Å². The molecule has 0 amide bonds. The van der Waals surface area contributed by atoms with E-state index in [0.29, 0.717) is 0 Å². The van der Waals surface area contributed by atoms with E-state index >= 15 is 0 Å². The molecule has 0 bridgehead atoms. The molecule has 5 heteroatoms. The molecule has 1 unspecified atom stereocenters. The fraction of sp³-hybridized carbons (Fsp3) is 0.200. The van der Waals surface area contributed by atoms with Crippen molar-refractivity contribution in [3.05, 3.63) is 62.7 Å². The normalized spacial score (nSPS) is 18.2. The highest BCUT2D eigenvalue weighted by molar-refractivity contribution is 7.09. The highest BCUT2D eigenvalue weighted by Gasteiger charge is 2.17. The number of nitrogens with zero attached hydrogens (tertiary/aromatic N) is 2. The number of allylic oxidation sites excluding steroid dienone is 1. The van der Waals surface area contributed by atoms with Crippen molar-refractivity contribution in [3.8, 4) is 0 Å². The van der Waals surface area contributed by atoms with Crippen LogP contribution >= 0.6 is 22.9 Å². The molecule has 1 aromatic heterocycles. The molecule has 0 aliphatic carbocycles. The summed E-state index contributed by atoms with van der Waals surface area (Å²) in [6, 6.07) is 7.79. The largest absolute Gasteiger partial charge is 0.343 e. The first-order valence-corrected chi connectivity index (χ1v) is 7.59. The number of thiazole rings is 1. The Kier molecular flexibility index (Phi) is 3.59. The average molecular weight is 304 g/mol. The van der Waals surface area contributed by atoms with E-state index in [1.165, 1.54) is 0 Å². The van der Waals surface area contributed by atoms with Crippen LogP contribution in [-0.4, -0.2) is 10.8 Å². The molecule has 1 aliphatic rings. The van der Waals surface area contributed by atoms with Gasteiger partial charge in [0.15, 0.2) is 5.84 Å². The molecule has 1 aromatic carbocycles. The van der Waals surface area contributed by atoms with Gasteiger partial charge in [0.25, 0.3) is 0 Å². The molecule has 1 atom stereocenters. The molecule has 0 fully saturated rings. The monoisotopic (exact) mass is 303 g/mol. The zero-order valence-electron chi connectivity index (χ0n) is 11.2. The topological polar surface area (TPSA) is 37.3 Å². The van der Waals surface area contributed by atoms with E-state index in [1.54, 1.807) is 11.3 Å². The molecule has 0 saturated heterocycles. The fourth-order valence-corrected chi connectivity index (χ4v) is 2.93. The minimum Gasteiger partial charge on any atom is -0.343 e. The summed E-state index contributed by atoms with van der Waals surface area (Å²) in [5, 5.41) is 7.07. The Labute approximate surface area is 127 Å². The number of amidine groups is 1. The molecule has 3 nitrogen and oxygen atoms in total. The Bertz CT molecular complexity index is 703. The third kappa shape index (κ3) is 2.76. The molecule has 1 aliphatic heterocycles. The first-order chi connectivity index (χ1) is 9.61. The predicted molar refractivity (Wildman–Crippen MR) is 84.5 cm³/mol. The smallest absolute Gasteiger partial charge is 0.153 e. The summed E-state index contributed by atoms with van der Waals surface area (Å²) >= 11 is 7.69. The molecular formula is C15H14ClN3S. The van der Waals surface area contributed by atoms with Crippen molar-refractivity contribution < 1.29 is 0 Å². The van der Waals surface area contributed by atoms with Gasteiger partial charge in [-0.2, -0.15) is 0 Å². The summed E-state index contributed by atoms with van der Waals surface area (Å²) in [7, 11) is 0. The number of nitrogens with one attached hydrogen (secondary N) is 1. The van der Waals surface area contributed by atoms with Gasteiger partial charge in [0.1, 0.15) is 5.69 Å². The average Bonchev–Trinajstić information content (AvgIpc) is 2.85. The third-order valence-corrected chi connectivity index (χ3v) is 4.05. The van der Waals surface area contributed by atoms with Crippen LogP contribution in [0, 0.1) is 6.92 Å². The lowest BCUT2D eigenvalue weighted by Gasteiger charge is -2.20. The minimum absolute atomic E-state index is 0.0213. The molecule has 20 heavy (non-hydrogen) atoms. The van der Waals surface area contributed by atoms with Crippen LogP contribution in [0.1, 0.15) is 29.2 Å². The second-order valence-electron chi connectivity index (χ2n) is 4.70. The van der Waals surface area contributed by atoms with Gasteiger partial charge in [-0.1, -0.05) is 23.7 Å². The Morgan fingerprint density at radius 1 is 1.30 bits per heavy atom. The van der Waals surface area contributed by atoms with E-state index in [9.17, 15) is 0 Å². The summed E-state index contributed by atoms with van der Waals surface area (Å²) in [4.78, 5) is 9.23. The van der Waals surface area contributed by atoms with Crippen LogP contribution in [0.2, 0.25) is 5.02 Å². The van der Waals surface area contributed by atoms with Gasteiger partial charge in [-0.3, -0.25) is 4.99 Å². The van der Waals surface area contributed by atoms with Gasteiger partial charge in [0, 0.05) is 16.1 Å². The highest BCUT2D eigenvalue weighted by atomic mass is 35.5. The number of aliphatic imine (C=N–C) groups is 1. The van der Waals surface area contributed by atoms with Gasteiger partial charge in [0.2, 0.25) is 0 Å². The number of benzene rings is 1. The maximum Gasteiger partial charge on any atom is 0.153 e. The zero-order valence-corrected chi connectivity index (χ0v) is 12.8. The van der Waals surface area contributed by atoms with E-state index in [2.05, 4.69) is 16.4 Å². The van der Waals surface area contributed by atoms with Crippen molar-refractivity contribution in [1.29, 1.82) is 0 Å². The van der Waals surface area contributed by atoms with E-state index in [-0.39, 0.29) is 6.04 Å².